The van der Waals surface area contributed by atoms with Gasteiger partial charge in [0.25, 0.3) is 0 Å². The van der Waals surface area contributed by atoms with E-state index in [0.717, 1.165) is 5.56 Å². The summed E-state index contributed by atoms with van der Waals surface area (Å²) in [6.45, 7) is 9.90. The van der Waals surface area contributed by atoms with Crippen molar-refractivity contribution >= 4 is 23.2 Å². The molecule has 0 aliphatic heterocycles. The lowest BCUT2D eigenvalue weighted by Crippen LogP contribution is -2.35. The maximum absolute atomic E-state index is 12.1. The van der Waals surface area contributed by atoms with Gasteiger partial charge < -0.3 is 9.47 Å². The molecule has 0 saturated carbocycles. The number of aryl methyl sites for hydroxylation is 1. The van der Waals surface area contributed by atoms with E-state index in [1.807, 2.05) is 19.1 Å². The molecule has 0 spiro atoms. The van der Waals surface area contributed by atoms with Crippen molar-refractivity contribution in [2.24, 2.45) is 0 Å². The summed E-state index contributed by atoms with van der Waals surface area (Å²) in [4.78, 5) is 13.6. The van der Waals surface area contributed by atoms with E-state index in [0.29, 0.717) is 24.7 Å². The van der Waals surface area contributed by atoms with Crippen LogP contribution in [0.25, 0.3) is 0 Å². The number of carbonyl (C=O) groups excluding carboxylic acids is 1. The quantitative estimate of drug-likeness (QED) is 0.304. The second kappa shape index (κ2) is 9.21. The van der Waals surface area contributed by atoms with Gasteiger partial charge in [-0.1, -0.05) is 30.9 Å². The van der Waals surface area contributed by atoms with Gasteiger partial charge in [0.15, 0.2) is 0 Å². The average molecular weight is 310 g/mol. The maximum Gasteiger partial charge on any atom is 0.243 e. The molecule has 0 unspecified atom stereocenters. The van der Waals surface area contributed by atoms with Gasteiger partial charge in [-0.15, -0.1) is 18.2 Å². The normalized spacial score (nSPS) is 10.0. The van der Waals surface area contributed by atoms with Crippen LogP contribution in [0.2, 0.25) is 0 Å². The first kappa shape index (κ1) is 17.3. The molecule has 0 N–H and O–H groups in total. The minimum Gasteiger partial charge on any atom is -0.487 e. The number of hydrogen-bond acceptors (Lipinski definition) is 3. The standard InChI is InChI=1S/C16H20ClNO3/c1-4-9-20-12-18(15(19)11-17)16-13(3)7-6-8-14(16)21-10-5-2/h4-8H,1-2,9-12H2,3H3. The number of alkyl halides is 1. The minimum absolute atomic E-state index is 0.0902. The molecule has 21 heavy (non-hydrogen) atoms. The summed E-state index contributed by atoms with van der Waals surface area (Å²) < 4.78 is 11.0. The summed E-state index contributed by atoms with van der Waals surface area (Å²) in [5.41, 5.74) is 1.56. The Morgan fingerprint density at radius 2 is 2.05 bits per heavy atom. The van der Waals surface area contributed by atoms with Crippen LogP contribution in [-0.2, 0) is 9.53 Å². The first-order chi connectivity index (χ1) is 10.2. The molecular weight excluding hydrogens is 290 g/mol. The molecule has 1 rings (SSSR count). The van der Waals surface area contributed by atoms with Gasteiger partial charge in [0.2, 0.25) is 5.91 Å². The van der Waals surface area contributed by atoms with Gasteiger partial charge in [0.1, 0.15) is 25.0 Å². The third-order valence-electron chi connectivity index (χ3n) is 2.70. The molecule has 0 aliphatic carbocycles. The largest absolute Gasteiger partial charge is 0.487 e. The summed E-state index contributed by atoms with van der Waals surface area (Å²) in [6, 6.07) is 5.57. The molecule has 1 aromatic carbocycles. The molecule has 4 nitrogen and oxygen atoms in total. The van der Waals surface area contributed by atoms with Crippen molar-refractivity contribution in [3.8, 4) is 5.75 Å². The fourth-order valence-corrected chi connectivity index (χ4v) is 1.95. The van der Waals surface area contributed by atoms with E-state index < -0.39 is 0 Å². The summed E-state index contributed by atoms with van der Waals surface area (Å²) >= 11 is 5.69. The first-order valence-corrected chi connectivity index (χ1v) is 7.07. The maximum atomic E-state index is 12.1. The Labute approximate surface area is 130 Å². The number of amides is 1. The molecule has 0 radical (unpaired) electrons. The Balaban J connectivity index is 3.11. The zero-order chi connectivity index (χ0) is 15.7. The van der Waals surface area contributed by atoms with Crippen LogP contribution in [0.1, 0.15) is 5.56 Å². The minimum atomic E-state index is -0.251. The Hall–Kier alpha value is -1.78. The third-order valence-corrected chi connectivity index (χ3v) is 2.93. The van der Waals surface area contributed by atoms with Crippen molar-refractivity contribution in [2.75, 3.05) is 30.7 Å². The monoisotopic (exact) mass is 309 g/mol. The molecular formula is C16H20ClNO3. The Morgan fingerprint density at radius 3 is 2.67 bits per heavy atom. The zero-order valence-corrected chi connectivity index (χ0v) is 12.9. The summed E-state index contributed by atoms with van der Waals surface area (Å²) in [5, 5.41) is 0. The molecule has 114 valence electrons. The second-order valence-corrected chi connectivity index (χ2v) is 4.53. The van der Waals surface area contributed by atoms with Crippen LogP contribution >= 0.6 is 11.6 Å². The number of para-hydroxylation sites is 1. The van der Waals surface area contributed by atoms with Crippen LogP contribution in [0.4, 0.5) is 5.69 Å². The molecule has 0 aromatic heterocycles. The van der Waals surface area contributed by atoms with Gasteiger partial charge >= 0.3 is 0 Å². The van der Waals surface area contributed by atoms with Crippen molar-refractivity contribution in [3.63, 3.8) is 0 Å². The number of carbonyl (C=O) groups is 1. The number of benzene rings is 1. The zero-order valence-electron chi connectivity index (χ0n) is 12.2. The fraction of sp³-hybridized carbons (Fsp3) is 0.312. The van der Waals surface area contributed by atoms with Crippen LogP contribution in [0.15, 0.2) is 43.5 Å². The molecule has 0 bridgehead atoms. The van der Waals surface area contributed by atoms with Gasteiger partial charge in [-0.3, -0.25) is 9.69 Å². The number of nitrogens with zero attached hydrogens (tertiary/aromatic N) is 1. The highest BCUT2D eigenvalue weighted by Crippen LogP contribution is 2.32. The van der Waals surface area contributed by atoms with Crippen LogP contribution < -0.4 is 9.64 Å². The lowest BCUT2D eigenvalue weighted by atomic mass is 10.1. The number of ether oxygens (including phenoxy) is 2. The Kier molecular flexibility index (Phi) is 7.58. The van der Waals surface area contributed by atoms with Gasteiger partial charge in [-0.2, -0.15) is 0 Å². The van der Waals surface area contributed by atoms with E-state index in [1.165, 1.54) is 4.90 Å². The van der Waals surface area contributed by atoms with Crippen molar-refractivity contribution < 1.29 is 14.3 Å². The lowest BCUT2D eigenvalue weighted by Gasteiger charge is -2.25. The van der Waals surface area contributed by atoms with Crippen molar-refractivity contribution in [2.45, 2.75) is 6.92 Å². The predicted molar refractivity (Wildman–Crippen MR) is 86.1 cm³/mol. The van der Waals surface area contributed by atoms with Gasteiger partial charge in [-0.05, 0) is 18.6 Å². The van der Waals surface area contributed by atoms with E-state index in [9.17, 15) is 4.79 Å². The first-order valence-electron chi connectivity index (χ1n) is 6.54. The van der Waals surface area contributed by atoms with Crippen molar-refractivity contribution in [1.29, 1.82) is 0 Å². The molecule has 0 atom stereocenters. The van der Waals surface area contributed by atoms with E-state index in [4.69, 9.17) is 21.1 Å². The van der Waals surface area contributed by atoms with Crippen molar-refractivity contribution in [1.82, 2.24) is 0 Å². The van der Waals surface area contributed by atoms with E-state index in [2.05, 4.69) is 13.2 Å². The topological polar surface area (TPSA) is 38.8 Å². The summed E-state index contributed by atoms with van der Waals surface area (Å²) in [6.07, 6.45) is 3.27. The average Bonchev–Trinajstić information content (AvgIpc) is 2.50. The molecule has 1 amide bonds. The van der Waals surface area contributed by atoms with Gasteiger partial charge in [0.05, 0.1) is 12.3 Å². The number of halogens is 1. The van der Waals surface area contributed by atoms with Gasteiger partial charge in [0, 0.05) is 0 Å². The third kappa shape index (κ3) is 4.92. The van der Waals surface area contributed by atoms with Crippen LogP contribution in [-0.4, -0.2) is 31.7 Å². The highest BCUT2D eigenvalue weighted by Gasteiger charge is 2.21. The summed E-state index contributed by atoms with van der Waals surface area (Å²) in [7, 11) is 0. The number of rotatable bonds is 9. The number of hydrogen-bond donors (Lipinski definition) is 0. The molecule has 1 aromatic rings. The second-order valence-electron chi connectivity index (χ2n) is 4.27. The smallest absolute Gasteiger partial charge is 0.243 e. The highest BCUT2D eigenvalue weighted by molar-refractivity contribution is 6.29. The predicted octanol–water partition coefficient (Wildman–Crippen LogP) is 3.29. The van der Waals surface area contributed by atoms with Crippen molar-refractivity contribution in [3.05, 3.63) is 49.1 Å². The lowest BCUT2D eigenvalue weighted by molar-refractivity contribution is -0.117. The molecule has 0 aliphatic rings. The highest BCUT2D eigenvalue weighted by atomic mass is 35.5. The summed E-state index contributed by atoms with van der Waals surface area (Å²) in [5.74, 6) is 0.209. The van der Waals surface area contributed by atoms with Crippen LogP contribution in [0.5, 0.6) is 5.75 Å². The van der Waals surface area contributed by atoms with E-state index in [-0.39, 0.29) is 18.5 Å². The molecule has 0 heterocycles. The van der Waals surface area contributed by atoms with E-state index in [1.54, 1.807) is 18.2 Å². The van der Waals surface area contributed by atoms with Crippen LogP contribution in [0, 0.1) is 6.92 Å². The fourth-order valence-electron chi connectivity index (χ4n) is 1.80. The molecule has 5 heteroatoms. The Morgan fingerprint density at radius 1 is 1.33 bits per heavy atom. The molecule has 0 saturated heterocycles. The van der Waals surface area contributed by atoms with E-state index >= 15 is 0 Å². The Bertz CT molecular complexity index is 502. The SMILES string of the molecule is C=CCOCN(C(=O)CCl)c1c(C)cccc1OCC=C. The van der Waals surface area contributed by atoms with Gasteiger partial charge in [-0.25, -0.2) is 0 Å². The molecule has 0 fully saturated rings. The van der Waals surface area contributed by atoms with Crippen LogP contribution in [0.3, 0.4) is 0 Å². The number of anilines is 1.